The van der Waals surface area contributed by atoms with Crippen LogP contribution in [0.3, 0.4) is 0 Å². The highest BCUT2D eigenvalue weighted by Gasteiger charge is 2.46. The third-order valence-corrected chi connectivity index (χ3v) is 8.88. The van der Waals surface area contributed by atoms with Crippen molar-refractivity contribution in [2.24, 2.45) is 0 Å². The molecule has 0 unspecified atom stereocenters. The van der Waals surface area contributed by atoms with Crippen LogP contribution in [0.5, 0.6) is 11.5 Å². The van der Waals surface area contributed by atoms with Crippen LogP contribution < -0.4 is 24.0 Å². The molecule has 0 saturated carbocycles. The Morgan fingerprint density at radius 3 is 2.23 bits per heavy atom. The number of benzene rings is 2. The maximum atomic E-state index is 15.2. The van der Waals surface area contributed by atoms with E-state index in [9.17, 15) is 31.2 Å². The normalized spacial score (nSPS) is 19.8. The summed E-state index contributed by atoms with van der Waals surface area (Å²) >= 11 is 0. The number of amides is 2. The fourth-order valence-electron chi connectivity index (χ4n) is 5.06. The summed E-state index contributed by atoms with van der Waals surface area (Å²) < 4.78 is 117. The smallest absolute Gasteiger partial charge is 0.497 e. The van der Waals surface area contributed by atoms with Crippen molar-refractivity contribution in [3.05, 3.63) is 77.1 Å². The number of methoxy groups -OCH3 is 1. The van der Waals surface area contributed by atoms with Crippen LogP contribution in [-0.2, 0) is 14.8 Å². The molecule has 10 nitrogen and oxygen atoms in total. The van der Waals surface area contributed by atoms with E-state index in [0.29, 0.717) is 0 Å². The van der Waals surface area contributed by atoms with E-state index in [1.54, 1.807) is 0 Å². The Kier molecular flexibility index (Phi) is 8.09. The molecule has 1 aromatic heterocycles. The van der Waals surface area contributed by atoms with Gasteiger partial charge < -0.3 is 14.8 Å². The number of alkyl halides is 3. The second kappa shape index (κ2) is 11.5. The highest BCUT2D eigenvalue weighted by atomic mass is 32.2. The van der Waals surface area contributed by atoms with E-state index in [-0.39, 0.29) is 35.8 Å². The number of anilines is 2. The Hall–Kier alpha value is -4.54. The van der Waals surface area contributed by atoms with Crippen molar-refractivity contribution in [3.63, 3.8) is 0 Å². The van der Waals surface area contributed by atoms with Crippen LogP contribution in [-0.4, -0.2) is 63.6 Å². The van der Waals surface area contributed by atoms with E-state index >= 15 is 13.2 Å². The first kappa shape index (κ1) is 30.9. The van der Waals surface area contributed by atoms with Crippen LogP contribution in [0.25, 0.3) is 0 Å². The molecule has 2 aromatic carbocycles. The summed E-state index contributed by atoms with van der Waals surface area (Å²) in [6.45, 7) is -0.535. The summed E-state index contributed by atoms with van der Waals surface area (Å²) in [7, 11) is -2.57. The van der Waals surface area contributed by atoms with E-state index in [2.05, 4.69) is 15.0 Å². The lowest BCUT2D eigenvalue weighted by atomic mass is 9.92. The predicted molar refractivity (Wildman–Crippen MR) is 142 cm³/mol. The highest BCUT2D eigenvalue weighted by molar-refractivity contribution is 7.93. The zero-order valence-electron chi connectivity index (χ0n) is 22.6. The van der Waals surface area contributed by atoms with Crippen LogP contribution in [0.15, 0.2) is 48.5 Å². The minimum absolute atomic E-state index is 0.0602. The number of halogens is 6. The number of nitrogens with zero attached hydrogens (tertiary/aromatic N) is 3. The van der Waals surface area contributed by atoms with Crippen molar-refractivity contribution in [1.82, 2.24) is 10.3 Å². The number of carbonyl (C=O) groups excluding carboxylic acids is 2. The van der Waals surface area contributed by atoms with Crippen molar-refractivity contribution in [3.8, 4) is 11.5 Å². The fraction of sp³-hybridized carbons (Fsp3) is 0.296. The zero-order valence-corrected chi connectivity index (χ0v) is 23.4. The van der Waals surface area contributed by atoms with Crippen LogP contribution in [0.2, 0.25) is 0 Å². The van der Waals surface area contributed by atoms with Gasteiger partial charge in [0.2, 0.25) is 10.0 Å². The molecular weight excluding hydrogens is 622 g/mol. The van der Waals surface area contributed by atoms with Crippen LogP contribution >= 0.6 is 0 Å². The lowest BCUT2D eigenvalue weighted by molar-refractivity contribution is -0.274. The van der Waals surface area contributed by atoms with E-state index in [0.717, 1.165) is 57.7 Å². The molecule has 234 valence electrons. The summed E-state index contributed by atoms with van der Waals surface area (Å²) in [6, 6.07) is 5.61. The van der Waals surface area contributed by atoms with Crippen molar-refractivity contribution in [1.29, 1.82) is 0 Å². The van der Waals surface area contributed by atoms with Crippen molar-refractivity contribution in [2.75, 3.05) is 35.2 Å². The van der Waals surface area contributed by atoms with Crippen LogP contribution in [0, 0.1) is 17.5 Å². The lowest BCUT2D eigenvalue weighted by Crippen LogP contribution is -2.44. The number of carbonyl (C=O) groups is 2. The molecule has 0 aliphatic carbocycles. The first-order valence-corrected chi connectivity index (χ1v) is 14.5. The molecule has 2 amide bonds. The SMILES string of the molecule is COc1cc(F)c([C@@H]2CN(c3nc(N4CCCS4(=O)=O)ccc3F)C(=O)[C@H]2NC(=O)c2ccc(OC(F)(F)F)cc2)c(F)c1. The summed E-state index contributed by atoms with van der Waals surface area (Å²) in [6.07, 6.45) is -4.70. The van der Waals surface area contributed by atoms with Gasteiger partial charge in [0, 0.05) is 42.3 Å². The van der Waals surface area contributed by atoms with Crippen LogP contribution in [0.1, 0.15) is 28.3 Å². The average Bonchev–Trinajstić information content (AvgIpc) is 3.46. The molecule has 17 heteroatoms. The number of nitrogens with one attached hydrogen (secondary N) is 1. The molecule has 3 aromatic rings. The van der Waals surface area contributed by atoms with Gasteiger partial charge >= 0.3 is 6.36 Å². The maximum absolute atomic E-state index is 15.2. The largest absolute Gasteiger partial charge is 0.573 e. The third kappa shape index (κ3) is 6.09. The number of ether oxygens (including phenoxy) is 2. The van der Waals surface area contributed by atoms with Gasteiger partial charge in [-0.05, 0) is 42.8 Å². The molecule has 2 aliphatic rings. The summed E-state index contributed by atoms with van der Waals surface area (Å²) in [5.41, 5.74) is -0.870. The number of rotatable bonds is 7. The topological polar surface area (TPSA) is 118 Å². The molecule has 5 rings (SSSR count). The molecule has 44 heavy (non-hydrogen) atoms. The molecule has 0 bridgehead atoms. The Bertz CT molecular complexity index is 1700. The minimum Gasteiger partial charge on any atom is -0.497 e. The molecule has 1 N–H and O–H groups in total. The number of hydrogen-bond donors (Lipinski definition) is 1. The Labute approximate surface area is 246 Å². The van der Waals surface area contributed by atoms with Crippen molar-refractivity contribution in [2.45, 2.75) is 24.7 Å². The molecular formula is C27H22F6N4O6S. The van der Waals surface area contributed by atoms with Gasteiger partial charge in [-0.3, -0.25) is 18.8 Å². The summed E-state index contributed by atoms with van der Waals surface area (Å²) in [4.78, 5) is 31.5. The van der Waals surface area contributed by atoms with Gasteiger partial charge in [0.05, 0.1) is 12.9 Å². The average molecular weight is 645 g/mol. The molecule has 0 radical (unpaired) electrons. The van der Waals surface area contributed by atoms with Gasteiger partial charge in [0.25, 0.3) is 11.8 Å². The Balaban J connectivity index is 1.51. The number of pyridine rings is 1. The second-order valence-corrected chi connectivity index (χ2v) is 11.8. The van der Waals surface area contributed by atoms with E-state index in [1.807, 2.05) is 0 Å². The molecule has 3 heterocycles. The van der Waals surface area contributed by atoms with Gasteiger partial charge in [-0.15, -0.1) is 13.2 Å². The lowest BCUT2D eigenvalue weighted by Gasteiger charge is -2.21. The monoisotopic (exact) mass is 644 g/mol. The number of aromatic nitrogens is 1. The molecule has 2 fully saturated rings. The summed E-state index contributed by atoms with van der Waals surface area (Å²) in [5.74, 6) is -8.64. The van der Waals surface area contributed by atoms with Gasteiger partial charge in [0.1, 0.15) is 35.0 Å². The first-order valence-electron chi connectivity index (χ1n) is 12.9. The van der Waals surface area contributed by atoms with Gasteiger partial charge in [-0.1, -0.05) is 0 Å². The molecule has 0 spiro atoms. The molecule has 2 aliphatic heterocycles. The number of hydrogen-bond acceptors (Lipinski definition) is 7. The summed E-state index contributed by atoms with van der Waals surface area (Å²) in [5, 5.41) is 2.33. The van der Waals surface area contributed by atoms with E-state index < -0.39 is 81.3 Å². The quantitative estimate of drug-likeness (QED) is 0.388. The fourth-order valence-corrected chi connectivity index (χ4v) is 6.56. The van der Waals surface area contributed by atoms with E-state index in [4.69, 9.17) is 4.74 Å². The molecule has 2 saturated heterocycles. The Morgan fingerprint density at radius 2 is 1.66 bits per heavy atom. The molecule has 2 atom stereocenters. The first-order chi connectivity index (χ1) is 20.7. The predicted octanol–water partition coefficient (Wildman–Crippen LogP) is 3.88. The third-order valence-electron chi connectivity index (χ3n) is 7.03. The highest BCUT2D eigenvalue weighted by Crippen LogP contribution is 2.38. The standard InChI is InChI=1S/C27H22F6N4O6S/c1-42-16-11-19(29)22(20(30)12-16)17-13-36(24-18(28)7-8-21(34-24)37-9-2-10-44(37,40)41)26(39)23(17)35-25(38)14-3-5-15(6-4-14)43-27(31,32)33/h3-8,11-12,17,23H,2,9-10,13H2,1H3,(H,35,38)/t17-,23-/m0/s1. The van der Waals surface area contributed by atoms with Crippen molar-refractivity contribution < 1.29 is 53.8 Å². The second-order valence-electron chi connectivity index (χ2n) is 9.80. The Morgan fingerprint density at radius 1 is 1.00 bits per heavy atom. The van der Waals surface area contributed by atoms with Gasteiger partial charge in [-0.2, -0.15) is 0 Å². The van der Waals surface area contributed by atoms with Gasteiger partial charge in [-0.25, -0.2) is 26.6 Å². The van der Waals surface area contributed by atoms with Crippen LogP contribution in [0.4, 0.5) is 38.0 Å². The maximum Gasteiger partial charge on any atom is 0.573 e. The number of sulfonamides is 1. The van der Waals surface area contributed by atoms with Crippen molar-refractivity contribution >= 4 is 33.5 Å². The zero-order chi connectivity index (χ0) is 32.0. The van der Waals surface area contributed by atoms with Gasteiger partial charge in [0.15, 0.2) is 11.6 Å². The minimum atomic E-state index is -4.98. The van der Waals surface area contributed by atoms with E-state index in [1.165, 1.54) is 7.11 Å².